The largest absolute Gasteiger partial charge is 0.264 e. The van der Waals surface area contributed by atoms with Crippen LogP contribution in [0.15, 0.2) is 134 Å². The van der Waals surface area contributed by atoms with Crippen molar-refractivity contribution in [3.05, 3.63) is 134 Å². The Kier molecular flexibility index (Phi) is 4.21. The third kappa shape index (κ3) is 2.83. The summed E-state index contributed by atoms with van der Waals surface area (Å²) in [5, 5.41) is 22.6. The van der Waals surface area contributed by atoms with Crippen LogP contribution in [0, 0.1) is 0 Å². The Morgan fingerprint density at radius 2 is 0.476 bits per heavy atom. The van der Waals surface area contributed by atoms with Crippen LogP contribution in [0.2, 0.25) is 0 Å². The van der Waals surface area contributed by atoms with Gasteiger partial charge >= 0.3 is 0 Å². The SMILES string of the molecule is c1cc2ccc3ccc4ccc5ccc6ccc7ccc8ccc9ccc%10ccncc%10c9c8c7c6c5c4c3c2cn1. The molecule has 0 bridgehead atoms. The Labute approximate surface area is 240 Å². The maximum absolute atomic E-state index is 4.56. The van der Waals surface area contributed by atoms with E-state index in [4.69, 9.17) is 0 Å². The first-order valence-electron chi connectivity index (χ1n) is 14.4. The molecule has 2 heteroatoms. The quantitative estimate of drug-likeness (QED) is 0.182. The molecule has 0 amide bonds. The first kappa shape index (κ1) is 22.1. The van der Waals surface area contributed by atoms with Crippen molar-refractivity contribution in [3.8, 4) is 0 Å². The number of hydrogen-bond donors (Lipinski definition) is 0. The molecule has 0 atom stereocenters. The van der Waals surface area contributed by atoms with Crippen LogP contribution in [0.3, 0.4) is 0 Å². The topological polar surface area (TPSA) is 25.8 Å². The highest BCUT2D eigenvalue weighted by atomic mass is 14.6. The molecule has 192 valence electrons. The van der Waals surface area contributed by atoms with Crippen molar-refractivity contribution in [1.82, 2.24) is 9.97 Å². The summed E-state index contributed by atoms with van der Waals surface area (Å²) < 4.78 is 0. The summed E-state index contributed by atoms with van der Waals surface area (Å²) in [6.45, 7) is 0. The van der Waals surface area contributed by atoms with E-state index in [1.165, 1.54) is 97.0 Å². The van der Waals surface area contributed by atoms with Gasteiger partial charge < -0.3 is 0 Å². The highest BCUT2D eigenvalue weighted by Crippen LogP contribution is 2.45. The minimum atomic E-state index is 1.19. The number of fused-ring (bicyclic) bond motifs is 17. The predicted octanol–water partition coefficient (Wildman–Crippen LogP) is 10.9. The van der Waals surface area contributed by atoms with E-state index in [0.29, 0.717) is 0 Å². The third-order valence-corrected chi connectivity index (χ3v) is 9.31. The van der Waals surface area contributed by atoms with Gasteiger partial charge in [0.15, 0.2) is 0 Å². The van der Waals surface area contributed by atoms with E-state index in [-0.39, 0.29) is 0 Å². The van der Waals surface area contributed by atoms with Gasteiger partial charge in [0, 0.05) is 35.6 Å². The summed E-state index contributed by atoms with van der Waals surface area (Å²) in [4.78, 5) is 9.12. The molecular formula is C40H22N2. The number of hydrogen-bond acceptors (Lipinski definition) is 2. The van der Waals surface area contributed by atoms with E-state index in [0.717, 1.165) is 0 Å². The molecule has 0 aliphatic heterocycles. The van der Waals surface area contributed by atoms with Crippen molar-refractivity contribution in [3.63, 3.8) is 0 Å². The second-order valence-corrected chi connectivity index (χ2v) is 11.4. The van der Waals surface area contributed by atoms with Crippen molar-refractivity contribution < 1.29 is 0 Å². The Morgan fingerprint density at radius 1 is 0.238 bits per heavy atom. The first-order valence-corrected chi connectivity index (χ1v) is 14.4. The number of pyridine rings is 2. The van der Waals surface area contributed by atoms with Gasteiger partial charge in [-0.15, -0.1) is 0 Å². The zero-order valence-electron chi connectivity index (χ0n) is 22.6. The lowest BCUT2D eigenvalue weighted by Crippen LogP contribution is -1.89. The van der Waals surface area contributed by atoms with Gasteiger partial charge in [-0.2, -0.15) is 0 Å². The third-order valence-electron chi connectivity index (χ3n) is 9.31. The molecule has 2 heterocycles. The van der Waals surface area contributed by atoms with Crippen LogP contribution in [0.25, 0.3) is 97.0 Å². The van der Waals surface area contributed by atoms with E-state index in [2.05, 4.69) is 119 Å². The standard InChI is InChI=1S/C40H22N2/c1-3-25-5-7-27-9-11-29-13-15-31-16-14-30-12-10-28-8-6-26-4-2-24-18-20-42-22-33(24)35(26)37(28)39(30)40(31)38(29)36(27)34(25)32-21-41-19-17-23(1)32/h1-22H. The molecular weight excluding hydrogens is 508 g/mol. The smallest absolute Gasteiger partial charge is 0.0352 e. The van der Waals surface area contributed by atoms with Crippen LogP contribution in [0.5, 0.6) is 0 Å². The molecule has 0 spiro atoms. The first-order chi connectivity index (χ1) is 20.8. The molecule has 0 saturated heterocycles. The van der Waals surface area contributed by atoms with Crippen LogP contribution >= 0.6 is 0 Å². The van der Waals surface area contributed by atoms with Crippen LogP contribution < -0.4 is 0 Å². The van der Waals surface area contributed by atoms with Crippen molar-refractivity contribution in [2.75, 3.05) is 0 Å². The molecule has 8 aromatic carbocycles. The minimum absolute atomic E-state index is 1.19. The number of aromatic nitrogens is 2. The molecule has 0 aliphatic carbocycles. The van der Waals surface area contributed by atoms with Crippen LogP contribution in [-0.4, -0.2) is 9.97 Å². The Hall–Kier alpha value is -5.60. The summed E-state index contributed by atoms with van der Waals surface area (Å²) in [5.74, 6) is 0. The highest BCUT2D eigenvalue weighted by molar-refractivity contribution is 6.40. The monoisotopic (exact) mass is 530 g/mol. The average molecular weight is 531 g/mol. The van der Waals surface area contributed by atoms with Gasteiger partial charge in [-0.1, -0.05) is 97.1 Å². The fourth-order valence-corrected chi connectivity index (χ4v) is 7.45. The number of rotatable bonds is 0. The van der Waals surface area contributed by atoms with Gasteiger partial charge in [-0.25, -0.2) is 0 Å². The normalized spacial score (nSPS) is 12.3. The molecule has 0 N–H and O–H groups in total. The van der Waals surface area contributed by atoms with E-state index >= 15 is 0 Å². The molecule has 0 unspecified atom stereocenters. The molecule has 42 heavy (non-hydrogen) atoms. The fraction of sp³-hybridized carbons (Fsp3) is 0. The van der Waals surface area contributed by atoms with Gasteiger partial charge in [0.25, 0.3) is 0 Å². The summed E-state index contributed by atoms with van der Waals surface area (Å²) in [7, 11) is 0. The number of benzene rings is 8. The Bertz CT molecular complexity index is 2570. The van der Waals surface area contributed by atoms with Crippen LogP contribution in [-0.2, 0) is 0 Å². The average Bonchev–Trinajstić information content (AvgIpc) is 3.06. The Morgan fingerprint density at radius 3 is 0.786 bits per heavy atom. The number of nitrogens with zero attached hydrogens (tertiary/aromatic N) is 2. The van der Waals surface area contributed by atoms with E-state index < -0.39 is 0 Å². The van der Waals surface area contributed by atoms with Crippen LogP contribution in [0.4, 0.5) is 0 Å². The van der Waals surface area contributed by atoms with Crippen molar-refractivity contribution in [2.45, 2.75) is 0 Å². The summed E-state index contributed by atoms with van der Waals surface area (Å²) >= 11 is 0. The van der Waals surface area contributed by atoms with Gasteiger partial charge in [-0.05, 0) is 98.3 Å². The molecule has 0 aliphatic rings. The summed E-state index contributed by atoms with van der Waals surface area (Å²) in [6.07, 6.45) is 7.83. The van der Waals surface area contributed by atoms with Gasteiger partial charge in [0.2, 0.25) is 0 Å². The molecule has 0 saturated carbocycles. The molecule has 0 fully saturated rings. The molecule has 10 aromatic rings. The zero-order valence-corrected chi connectivity index (χ0v) is 22.6. The van der Waals surface area contributed by atoms with Gasteiger partial charge in [0.05, 0.1) is 0 Å². The van der Waals surface area contributed by atoms with E-state index in [1.54, 1.807) is 0 Å². The van der Waals surface area contributed by atoms with Crippen molar-refractivity contribution in [2.24, 2.45) is 0 Å². The lowest BCUT2D eigenvalue weighted by Gasteiger charge is -2.16. The van der Waals surface area contributed by atoms with Crippen LogP contribution in [0.1, 0.15) is 0 Å². The van der Waals surface area contributed by atoms with Crippen molar-refractivity contribution in [1.29, 1.82) is 0 Å². The maximum Gasteiger partial charge on any atom is 0.0352 e. The highest BCUT2D eigenvalue weighted by Gasteiger charge is 2.16. The zero-order chi connectivity index (χ0) is 27.4. The molecule has 2 nitrogen and oxygen atoms in total. The Balaban J connectivity index is 1.58. The van der Waals surface area contributed by atoms with Crippen molar-refractivity contribution >= 4 is 97.0 Å². The molecule has 2 aromatic heterocycles. The predicted molar refractivity (Wildman–Crippen MR) is 180 cm³/mol. The fourth-order valence-electron chi connectivity index (χ4n) is 7.45. The van der Waals surface area contributed by atoms with Gasteiger partial charge in [0.1, 0.15) is 0 Å². The lowest BCUT2D eigenvalue weighted by atomic mass is 9.87. The lowest BCUT2D eigenvalue weighted by molar-refractivity contribution is 1.37. The van der Waals surface area contributed by atoms with Gasteiger partial charge in [-0.3, -0.25) is 9.97 Å². The molecule has 10 rings (SSSR count). The van der Waals surface area contributed by atoms with E-state index in [9.17, 15) is 0 Å². The maximum atomic E-state index is 4.56. The molecule has 0 radical (unpaired) electrons. The second kappa shape index (κ2) is 7.99. The summed E-state index contributed by atoms with van der Waals surface area (Å²) in [5.41, 5.74) is 0. The van der Waals surface area contributed by atoms with E-state index in [1.807, 2.05) is 24.8 Å². The second-order valence-electron chi connectivity index (χ2n) is 11.4. The summed E-state index contributed by atoms with van der Waals surface area (Å²) in [6, 6.07) is 40.5. The minimum Gasteiger partial charge on any atom is -0.264 e.